The van der Waals surface area contributed by atoms with Gasteiger partial charge in [0.2, 0.25) is 0 Å². The zero-order chi connectivity index (χ0) is 14.1. The Morgan fingerprint density at radius 2 is 1.85 bits per heavy atom. The molecule has 1 heterocycles. The molecule has 0 aliphatic carbocycles. The molecule has 0 saturated heterocycles. The van der Waals surface area contributed by atoms with Crippen LogP contribution in [0, 0.1) is 13.8 Å². The minimum absolute atomic E-state index is 0.142. The first-order valence-electron chi connectivity index (χ1n) is 6.47. The van der Waals surface area contributed by atoms with Gasteiger partial charge in [0.1, 0.15) is 0 Å². The molecule has 100 valence electrons. The molecule has 0 aliphatic rings. The van der Waals surface area contributed by atoms with Crippen LogP contribution < -0.4 is 5.32 Å². The number of carbonyl (C=O) groups excluding carboxylic acids is 1. The molecule has 1 aromatic heterocycles. The molecular formula is C16H15N3O. The van der Waals surface area contributed by atoms with E-state index >= 15 is 0 Å². The molecular weight excluding hydrogens is 250 g/mol. The maximum atomic E-state index is 12.4. The van der Waals surface area contributed by atoms with Crippen molar-refractivity contribution in [1.82, 2.24) is 10.2 Å². The number of fused-ring (bicyclic) bond motifs is 1. The molecule has 4 nitrogen and oxygen atoms in total. The first-order chi connectivity index (χ1) is 9.66. The fourth-order valence-corrected chi connectivity index (χ4v) is 2.21. The normalized spacial score (nSPS) is 10.7. The number of nitrogens with one attached hydrogen (secondary N) is 2. The maximum absolute atomic E-state index is 12.4. The van der Waals surface area contributed by atoms with Gasteiger partial charge >= 0.3 is 0 Å². The largest absolute Gasteiger partial charge is 0.305 e. The van der Waals surface area contributed by atoms with E-state index in [4.69, 9.17) is 0 Å². The SMILES string of the molecule is Cc1[nH]nc(NC(=O)c2cccc3ccccc23)c1C. The Morgan fingerprint density at radius 1 is 1.10 bits per heavy atom. The van der Waals surface area contributed by atoms with Gasteiger partial charge in [-0.05, 0) is 30.7 Å². The number of aromatic nitrogens is 2. The fourth-order valence-electron chi connectivity index (χ4n) is 2.21. The van der Waals surface area contributed by atoms with Gasteiger partial charge in [0.25, 0.3) is 5.91 Å². The molecule has 2 N–H and O–H groups in total. The van der Waals surface area contributed by atoms with Crippen LogP contribution in [-0.2, 0) is 0 Å². The topological polar surface area (TPSA) is 57.8 Å². The molecule has 3 aromatic rings. The number of hydrogen-bond donors (Lipinski definition) is 2. The van der Waals surface area contributed by atoms with Crippen LogP contribution in [0.1, 0.15) is 21.6 Å². The zero-order valence-corrected chi connectivity index (χ0v) is 11.4. The lowest BCUT2D eigenvalue weighted by Gasteiger charge is -2.07. The van der Waals surface area contributed by atoms with Gasteiger partial charge in [-0.15, -0.1) is 0 Å². The second-order valence-electron chi connectivity index (χ2n) is 4.80. The molecule has 0 aliphatic heterocycles. The fraction of sp³-hybridized carbons (Fsp3) is 0.125. The number of hydrogen-bond acceptors (Lipinski definition) is 2. The quantitative estimate of drug-likeness (QED) is 0.745. The van der Waals surface area contributed by atoms with E-state index in [9.17, 15) is 4.79 Å². The third kappa shape index (κ3) is 2.05. The number of H-pyrrole nitrogens is 1. The van der Waals surface area contributed by atoms with Crippen molar-refractivity contribution in [1.29, 1.82) is 0 Å². The lowest BCUT2D eigenvalue weighted by molar-refractivity contribution is 0.102. The third-order valence-electron chi connectivity index (χ3n) is 3.52. The number of rotatable bonds is 2. The van der Waals surface area contributed by atoms with Crippen LogP contribution in [-0.4, -0.2) is 16.1 Å². The zero-order valence-electron chi connectivity index (χ0n) is 11.4. The predicted molar refractivity (Wildman–Crippen MR) is 80.0 cm³/mol. The first-order valence-corrected chi connectivity index (χ1v) is 6.47. The van der Waals surface area contributed by atoms with Crippen molar-refractivity contribution in [3.8, 4) is 0 Å². The maximum Gasteiger partial charge on any atom is 0.257 e. The van der Waals surface area contributed by atoms with Crippen LogP contribution in [0.15, 0.2) is 42.5 Å². The highest BCUT2D eigenvalue weighted by Gasteiger charge is 2.13. The Hall–Kier alpha value is -2.62. The molecule has 20 heavy (non-hydrogen) atoms. The summed E-state index contributed by atoms with van der Waals surface area (Å²) in [5.41, 5.74) is 2.57. The summed E-state index contributed by atoms with van der Waals surface area (Å²) < 4.78 is 0. The minimum Gasteiger partial charge on any atom is -0.305 e. The molecule has 1 amide bonds. The van der Waals surface area contributed by atoms with Crippen molar-refractivity contribution in [2.24, 2.45) is 0 Å². The van der Waals surface area contributed by atoms with E-state index in [0.29, 0.717) is 11.4 Å². The Morgan fingerprint density at radius 3 is 2.60 bits per heavy atom. The second-order valence-corrected chi connectivity index (χ2v) is 4.80. The van der Waals surface area contributed by atoms with Gasteiger partial charge in [0, 0.05) is 16.8 Å². The average molecular weight is 265 g/mol. The highest BCUT2D eigenvalue weighted by atomic mass is 16.1. The van der Waals surface area contributed by atoms with Gasteiger partial charge in [0.15, 0.2) is 5.82 Å². The molecule has 0 unspecified atom stereocenters. The number of carbonyl (C=O) groups is 1. The molecule has 0 saturated carbocycles. The van der Waals surface area contributed by atoms with Crippen LogP contribution in [0.2, 0.25) is 0 Å². The van der Waals surface area contributed by atoms with E-state index in [-0.39, 0.29) is 5.91 Å². The average Bonchev–Trinajstić information content (AvgIpc) is 2.78. The van der Waals surface area contributed by atoms with E-state index in [1.165, 1.54) is 0 Å². The molecule has 0 bridgehead atoms. The molecule has 0 atom stereocenters. The molecule has 4 heteroatoms. The summed E-state index contributed by atoms with van der Waals surface area (Å²) in [5, 5.41) is 11.8. The van der Waals surface area contributed by atoms with Crippen LogP contribution in [0.4, 0.5) is 5.82 Å². The summed E-state index contributed by atoms with van der Waals surface area (Å²) >= 11 is 0. The summed E-state index contributed by atoms with van der Waals surface area (Å²) in [6.07, 6.45) is 0. The standard InChI is InChI=1S/C16H15N3O/c1-10-11(2)18-19-15(10)17-16(20)14-9-5-7-12-6-3-4-8-13(12)14/h3-9H,1-2H3,(H2,17,18,19,20). The number of nitrogens with zero attached hydrogens (tertiary/aromatic N) is 1. The summed E-state index contributed by atoms with van der Waals surface area (Å²) in [4.78, 5) is 12.4. The van der Waals surface area contributed by atoms with Crippen molar-refractivity contribution >= 4 is 22.5 Å². The lowest BCUT2D eigenvalue weighted by atomic mass is 10.0. The Balaban J connectivity index is 1.99. The van der Waals surface area contributed by atoms with Crippen LogP contribution in [0.5, 0.6) is 0 Å². The minimum atomic E-state index is -0.142. The van der Waals surface area contributed by atoms with Crippen LogP contribution >= 0.6 is 0 Å². The van der Waals surface area contributed by atoms with E-state index < -0.39 is 0 Å². The Kier molecular flexibility index (Phi) is 2.99. The number of benzene rings is 2. The van der Waals surface area contributed by atoms with Crippen molar-refractivity contribution < 1.29 is 4.79 Å². The Bertz CT molecular complexity index is 784. The molecule has 0 fully saturated rings. The third-order valence-corrected chi connectivity index (χ3v) is 3.52. The van der Waals surface area contributed by atoms with E-state index in [1.54, 1.807) is 0 Å². The first kappa shape index (κ1) is 12.4. The summed E-state index contributed by atoms with van der Waals surface area (Å²) in [7, 11) is 0. The van der Waals surface area contributed by atoms with Gasteiger partial charge < -0.3 is 5.32 Å². The molecule has 2 aromatic carbocycles. The summed E-state index contributed by atoms with van der Waals surface area (Å²) in [6, 6.07) is 13.6. The monoisotopic (exact) mass is 265 g/mol. The van der Waals surface area contributed by atoms with Gasteiger partial charge in [0.05, 0.1) is 0 Å². The van der Waals surface area contributed by atoms with E-state index in [1.807, 2.05) is 56.3 Å². The van der Waals surface area contributed by atoms with Gasteiger partial charge in [-0.1, -0.05) is 36.4 Å². The number of anilines is 1. The number of aryl methyl sites for hydroxylation is 1. The highest BCUT2D eigenvalue weighted by Crippen LogP contribution is 2.20. The van der Waals surface area contributed by atoms with Crippen molar-refractivity contribution in [2.45, 2.75) is 13.8 Å². The molecule has 0 spiro atoms. The number of aromatic amines is 1. The Labute approximate surface area is 116 Å². The predicted octanol–water partition coefficient (Wildman–Crippen LogP) is 3.43. The molecule has 0 radical (unpaired) electrons. The van der Waals surface area contributed by atoms with E-state index in [2.05, 4.69) is 15.5 Å². The van der Waals surface area contributed by atoms with Gasteiger partial charge in [-0.2, -0.15) is 5.10 Å². The van der Waals surface area contributed by atoms with Crippen LogP contribution in [0.3, 0.4) is 0 Å². The molecule has 3 rings (SSSR count). The van der Waals surface area contributed by atoms with Crippen molar-refractivity contribution in [3.63, 3.8) is 0 Å². The van der Waals surface area contributed by atoms with Crippen molar-refractivity contribution in [2.75, 3.05) is 5.32 Å². The van der Waals surface area contributed by atoms with Gasteiger partial charge in [-0.3, -0.25) is 9.89 Å². The number of amides is 1. The van der Waals surface area contributed by atoms with Crippen LogP contribution in [0.25, 0.3) is 10.8 Å². The summed E-state index contributed by atoms with van der Waals surface area (Å²) in [5.74, 6) is 0.442. The smallest absolute Gasteiger partial charge is 0.257 e. The lowest BCUT2D eigenvalue weighted by Crippen LogP contribution is -2.13. The summed E-state index contributed by atoms with van der Waals surface area (Å²) in [6.45, 7) is 3.85. The van der Waals surface area contributed by atoms with Gasteiger partial charge in [-0.25, -0.2) is 0 Å². The van der Waals surface area contributed by atoms with Crippen molar-refractivity contribution in [3.05, 3.63) is 59.3 Å². The second kappa shape index (κ2) is 4.81. The highest BCUT2D eigenvalue weighted by molar-refractivity contribution is 6.12. The van der Waals surface area contributed by atoms with E-state index in [0.717, 1.165) is 22.0 Å².